The number of hydrogen-bond acceptors (Lipinski definition) is 3. The highest BCUT2D eigenvalue weighted by molar-refractivity contribution is 6.03. The van der Waals surface area contributed by atoms with E-state index < -0.39 is 0 Å². The number of nitrogens with zero attached hydrogens (tertiary/aromatic N) is 1. The number of hydrogen-bond donors (Lipinski definition) is 1. The maximum absolute atomic E-state index is 12.5. The van der Waals surface area contributed by atoms with Gasteiger partial charge in [0.15, 0.2) is 0 Å². The monoisotopic (exact) mass is 324 g/mol. The molecule has 0 spiro atoms. The lowest BCUT2D eigenvalue weighted by Gasteiger charge is -2.17. The molecule has 5 heteroatoms. The molecule has 2 amide bonds. The van der Waals surface area contributed by atoms with Gasteiger partial charge in [-0.1, -0.05) is 18.2 Å². The van der Waals surface area contributed by atoms with Crippen LogP contribution < -0.4 is 15.0 Å². The fourth-order valence-electron chi connectivity index (χ4n) is 2.84. The average molecular weight is 324 g/mol. The van der Waals surface area contributed by atoms with Gasteiger partial charge in [-0.25, -0.2) is 0 Å². The van der Waals surface area contributed by atoms with E-state index in [1.807, 2.05) is 55.5 Å². The number of benzene rings is 2. The van der Waals surface area contributed by atoms with Gasteiger partial charge in [0.2, 0.25) is 11.8 Å². The van der Waals surface area contributed by atoms with E-state index in [9.17, 15) is 9.59 Å². The van der Waals surface area contributed by atoms with E-state index in [0.717, 1.165) is 22.7 Å². The lowest BCUT2D eigenvalue weighted by atomic mass is 10.1. The molecular formula is C19H20N2O3. The zero-order chi connectivity index (χ0) is 17.1. The predicted octanol–water partition coefficient (Wildman–Crippen LogP) is 3.00. The summed E-state index contributed by atoms with van der Waals surface area (Å²) in [5.74, 6) is 0.234. The Kier molecular flexibility index (Phi) is 4.51. The molecule has 0 unspecified atom stereocenters. The van der Waals surface area contributed by atoms with Gasteiger partial charge in [0, 0.05) is 24.3 Å². The summed E-state index contributed by atoms with van der Waals surface area (Å²) in [6.45, 7) is 2.34. The first kappa shape index (κ1) is 16.1. The molecule has 2 aromatic rings. The van der Waals surface area contributed by atoms with Gasteiger partial charge < -0.3 is 15.0 Å². The number of nitrogens with one attached hydrogen (secondary N) is 1. The molecule has 0 saturated carbocycles. The van der Waals surface area contributed by atoms with Gasteiger partial charge in [0.25, 0.3) is 0 Å². The van der Waals surface area contributed by atoms with E-state index in [1.54, 1.807) is 12.0 Å². The van der Waals surface area contributed by atoms with Gasteiger partial charge in [0.1, 0.15) is 5.75 Å². The van der Waals surface area contributed by atoms with E-state index in [4.69, 9.17) is 4.74 Å². The molecule has 0 aromatic heterocycles. The first-order valence-electron chi connectivity index (χ1n) is 7.89. The molecule has 0 radical (unpaired) electrons. The number of carbonyl (C=O) groups is 2. The second-order valence-electron chi connectivity index (χ2n) is 5.91. The minimum absolute atomic E-state index is 0.0369. The van der Waals surface area contributed by atoms with Crippen molar-refractivity contribution < 1.29 is 14.3 Å². The Balaban J connectivity index is 1.69. The second kappa shape index (κ2) is 6.74. The highest BCUT2D eigenvalue weighted by atomic mass is 16.5. The van der Waals surface area contributed by atoms with Crippen molar-refractivity contribution in [3.8, 4) is 5.75 Å². The maximum Gasteiger partial charge on any atom is 0.229 e. The number of ether oxygens (including phenoxy) is 1. The first-order chi connectivity index (χ1) is 11.6. The van der Waals surface area contributed by atoms with Crippen molar-refractivity contribution in [2.45, 2.75) is 13.3 Å². The number of amides is 2. The largest absolute Gasteiger partial charge is 0.497 e. The number of anilines is 2. The van der Waals surface area contributed by atoms with Crippen LogP contribution >= 0.6 is 0 Å². The van der Waals surface area contributed by atoms with Gasteiger partial charge in [-0.15, -0.1) is 0 Å². The molecule has 1 atom stereocenters. The van der Waals surface area contributed by atoms with E-state index in [1.165, 1.54) is 0 Å². The highest BCUT2D eigenvalue weighted by Gasteiger charge is 2.35. The Morgan fingerprint density at radius 3 is 2.54 bits per heavy atom. The summed E-state index contributed by atoms with van der Waals surface area (Å²) >= 11 is 0. The van der Waals surface area contributed by atoms with Crippen LogP contribution in [0.1, 0.15) is 12.0 Å². The van der Waals surface area contributed by atoms with Crippen molar-refractivity contribution in [2.75, 3.05) is 23.9 Å². The SMILES string of the molecule is COc1ccc(N2C[C@H](C(=O)Nc3ccccc3C)CC2=O)cc1. The Bertz CT molecular complexity index is 755. The van der Waals surface area contributed by atoms with Gasteiger partial charge in [-0.2, -0.15) is 0 Å². The van der Waals surface area contributed by atoms with Crippen molar-refractivity contribution in [1.82, 2.24) is 0 Å². The van der Waals surface area contributed by atoms with Crippen LogP contribution in [0.15, 0.2) is 48.5 Å². The molecule has 2 aromatic carbocycles. The van der Waals surface area contributed by atoms with Gasteiger partial charge in [0.05, 0.1) is 13.0 Å². The summed E-state index contributed by atoms with van der Waals surface area (Å²) in [4.78, 5) is 26.4. The van der Waals surface area contributed by atoms with Crippen LogP contribution in [0.3, 0.4) is 0 Å². The Morgan fingerprint density at radius 1 is 1.17 bits per heavy atom. The predicted molar refractivity (Wildman–Crippen MR) is 93.3 cm³/mol. The van der Waals surface area contributed by atoms with Crippen LogP contribution in [-0.2, 0) is 9.59 Å². The molecule has 5 nitrogen and oxygen atoms in total. The lowest BCUT2D eigenvalue weighted by Crippen LogP contribution is -2.28. The Labute approximate surface area is 141 Å². The van der Waals surface area contributed by atoms with Crippen molar-refractivity contribution in [3.05, 3.63) is 54.1 Å². The molecule has 0 bridgehead atoms. The van der Waals surface area contributed by atoms with Crippen molar-refractivity contribution >= 4 is 23.2 Å². The van der Waals surface area contributed by atoms with Gasteiger partial charge >= 0.3 is 0 Å². The summed E-state index contributed by atoms with van der Waals surface area (Å²) in [6, 6.07) is 14.9. The zero-order valence-electron chi connectivity index (χ0n) is 13.8. The van der Waals surface area contributed by atoms with E-state index in [-0.39, 0.29) is 24.2 Å². The molecule has 24 heavy (non-hydrogen) atoms. The number of methoxy groups -OCH3 is 1. The quantitative estimate of drug-likeness (QED) is 0.940. The van der Waals surface area contributed by atoms with Crippen molar-refractivity contribution in [3.63, 3.8) is 0 Å². The topological polar surface area (TPSA) is 58.6 Å². The van der Waals surface area contributed by atoms with Crippen molar-refractivity contribution in [1.29, 1.82) is 0 Å². The number of aryl methyl sites for hydroxylation is 1. The summed E-state index contributed by atoms with van der Waals surface area (Å²) in [6.07, 6.45) is 0.226. The fourth-order valence-corrected chi connectivity index (χ4v) is 2.84. The summed E-state index contributed by atoms with van der Waals surface area (Å²) < 4.78 is 5.13. The zero-order valence-corrected chi connectivity index (χ0v) is 13.8. The van der Waals surface area contributed by atoms with Crippen molar-refractivity contribution in [2.24, 2.45) is 5.92 Å². The third-order valence-electron chi connectivity index (χ3n) is 4.28. The Hall–Kier alpha value is -2.82. The molecular weight excluding hydrogens is 304 g/mol. The van der Waals surface area contributed by atoms with Crippen LogP contribution in [0, 0.1) is 12.8 Å². The van der Waals surface area contributed by atoms with Crippen LogP contribution in [0.5, 0.6) is 5.75 Å². The number of rotatable bonds is 4. The van der Waals surface area contributed by atoms with Crippen LogP contribution in [0.4, 0.5) is 11.4 Å². The standard InChI is InChI=1S/C19H20N2O3/c1-13-5-3-4-6-17(13)20-19(23)14-11-18(22)21(12-14)15-7-9-16(24-2)10-8-15/h3-10,14H,11-12H2,1-2H3,(H,20,23)/t14-/m1/s1. The molecule has 1 heterocycles. The normalized spacial score (nSPS) is 17.0. The maximum atomic E-state index is 12.5. The summed E-state index contributed by atoms with van der Waals surface area (Å²) in [7, 11) is 1.60. The molecule has 1 aliphatic heterocycles. The summed E-state index contributed by atoms with van der Waals surface area (Å²) in [5, 5.41) is 2.93. The highest BCUT2D eigenvalue weighted by Crippen LogP contribution is 2.27. The van der Waals surface area contributed by atoms with Gasteiger partial charge in [-0.05, 0) is 42.8 Å². The smallest absolute Gasteiger partial charge is 0.229 e. The molecule has 1 saturated heterocycles. The molecule has 1 fully saturated rings. The first-order valence-corrected chi connectivity index (χ1v) is 7.89. The molecule has 1 aliphatic rings. The van der Waals surface area contributed by atoms with Crippen LogP contribution in [0.2, 0.25) is 0 Å². The van der Waals surface area contributed by atoms with E-state index >= 15 is 0 Å². The third kappa shape index (κ3) is 3.25. The molecule has 124 valence electrons. The molecule has 3 rings (SSSR count). The second-order valence-corrected chi connectivity index (χ2v) is 5.91. The number of carbonyl (C=O) groups excluding carboxylic acids is 2. The molecule has 0 aliphatic carbocycles. The van der Waals surface area contributed by atoms with Gasteiger partial charge in [-0.3, -0.25) is 9.59 Å². The third-order valence-corrected chi connectivity index (χ3v) is 4.28. The minimum atomic E-state index is -0.348. The minimum Gasteiger partial charge on any atom is -0.497 e. The van der Waals surface area contributed by atoms with E-state index in [0.29, 0.717) is 6.54 Å². The van der Waals surface area contributed by atoms with Crippen LogP contribution in [-0.4, -0.2) is 25.5 Å². The molecule has 1 N–H and O–H groups in total. The lowest BCUT2D eigenvalue weighted by molar-refractivity contribution is -0.122. The number of para-hydroxylation sites is 1. The summed E-state index contributed by atoms with van der Waals surface area (Å²) in [5.41, 5.74) is 2.58. The average Bonchev–Trinajstić information content (AvgIpc) is 2.99. The fraction of sp³-hybridized carbons (Fsp3) is 0.263. The Morgan fingerprint density at radius 2 is 1.88 bits per heavy atom. The van der Waals surface area contributed by atoms with Crippen LogP contribution in [0.25, 0.3) is 0 Å². The van der Waals surface area contributed by atoms with E-state index in [2.05, 4.69) is 5.32 Å².